The number of para-hydroxylation sites is 1. The lowest BCUT2D eigenvalue weighted by atomic mass is 9.91. The number of hydrogen-bond donors (Lipinski definition) is 1. The fraction of sp³-hybridized carbons (Fsp3) is 0.600. The molecule has 1 atom stereocenters. The molecule has 0 heterocycles. The average molecular weight is 267 g/mol. The highest BCUT2D eigenvalue weighted by atomic mass is 16.5. The molecule has 108 valence electrons. The van der Waals surface area contributed by atoms with E-state index in [4.69, 9.17) is 14.2 Å². The molecule has 0 aliphatic carbocycles. The summed E-state index contributed by atoms with van der Waals surface area (Å²) in [6, 6.07) is 8.06. The predicted molar refractivity (Wildman–Crippen MR) is 76.7 cm³/mol. The standard InChI is InChI=1S/C15H25NO3/c1-15(2,18-5)14(16-3)12-8-6-7-9-13(12)19-11-10-17-4/h6-9,14,16H,10-11H2,1-5H3. The molecule has 1 aromatic rings. The number of likely N-dealkylation sites (N-methyl/N-ethyl adjacent to an activating group) is 1. The Bertz CT molecular complexity index is 379. The minimum atomic E-state index is -0.324. The van der Waals surface area contributed by atoms with Gasteiger partial charge in [0.15, 0.2) is 0 Å². The molecule has 4 nitrogen and oxygen atoms in total. The van der Waals surface area contributed by atoms with Crippen LogP contribution in [0.4, 0.5) is 0 Å². The first kappa shape index (κ1) is 16.0. The van der Waals surface area contributed by atoms with Crippen molar-refractivity contribution < 1.29 is 14.2 Å². The van der Waals surface area contributed by atoms with Crippen LogP contribution < -0.4 is 10.1 Å². The van der Waals surface area contributed by atoms with Gasteiger partial charge in [-0.15, -0.1) is 0 Å². The monoisotopic (exact) mass is 267 g/mol. The summed E-state index contributed by atoms with van der Waals surface area (Å²) in [6.45, 7) is 5.23. The first-order valence-electron chi connectivity index (χ1n) is 6.50. The van der Waals surface area contributed by atoms with E-state index in [0.717, 1.165) is 11.3 Å². The third-order valence-corrected chi connectivity index (χ3v) is 3.29. The highest BCUT2D eigenvalue weighted by Crippen LogP contribution is 2.33. The number of nitrogens with one attached hydrogen (secondary N) is 1. The lowest BCUT2D eigenvalue weighted by molar-refractivity contribution is -0.00981. The molecule has 19 heavy (non-hydrogen) atoms. The van der Waals surface area contributed by atoms with E-state index in [-0.39, 0.29) is 11.6 Å². The van der Waals surface area contributed by atoms with Crippen LogP contribution in [0.25, 0.3) is 0 Å². The number of rotatable bonds is 8. The van der Waals surface area contributed by atoms with Crippen molar-refractivity contribution in [2.45, 2.75) is 25.5 Å². The Labute approximate surface area is 116 Å². The van der Waals surface area contributed by atoms with E-state index in [0.29, 0.717) is 13.2 Å². The van der Waals surface area contributed by atoms with Crippen molar-refractivity contribution in [2.24, 2.45) is 0 Å². The first-order chi connectivity index (χ1) is 9.06. The number of methoxy groups -OCH3 is 2. The van der Waals surface area contributed by atoms with Crippen LogP contribution in [-0.4, -0.2) is 40.1 Å². The van der Waals surface area contributed by atoms with Gasteiger partial charge in [-0.3, -0.25) is 0 Å². The summed E-state index contributed by atoms with van der Waals surface area (Å²) < 4.78 is 16.4. The maximum Gasteiger partial charge on any atom is 0.124 e. The molecule has 0 radical (unpaired) electrons. The maximum atomic E-state index is 5.78. The Kier molecular flexibility index (Phi) is 6.28. The summed E-state index contributed by atoms with van der Waals surface area (Å²) in [6.07, 6.45) is 0. The van der Waals surface area contributed by atoms with Crippen molar-refractivity contribution in [3.63, 3.8) is 0 Å². The molecule has 0 aromatic heterocycles. The largest absolute Gasteiger partial charge is 0.491 e. The molecule has 0 aliphatic rings. The second-order valence-electron chi connectivity index (χ2n) is 4.91. The van der Waals surface area contributed by atoms with E-state index in [1.165, 1.54) is 0 Å². The predicted octanol–water partition coefficient (Wildman–Crippen LogP) is 2.40. The average Bonchev–Trinajstić information content (AvgIpc) is 2.41. The lowest BCUT2D eigenvalue weighted by Gasteiger charge is -2.34. The third-order valence-electron chi connectivity index (χ3n) is 3.29. The van der Waals surface area contributed by atoms with Crippen molar-refractivity contribution in [1.29, 1.82) is 0 Å². The van der Waals surface area contributed by atoms with Crippen molar-refractivity contribution in [3.05, 3.63) is 29.8 Å². The van der Waals surface area contributed by atoms with Gasteiger partial charge in [0, 0.05) is 19.8 Å². The van der Waals surface area contributed by atoms with Gasteiger partial charge in [0.25, 0.3) is 0 Å². The summed E-state index contributed by atoms with van der Waals surface area (Å²) >= 11 is 0. The SMILES string of the molecule is CNC(c1ccccc1OCCOC)C(C)(C)OC. The Morgan fingerprint density at radius 1 is 1.16 bits per heavy atom. The van der Waals surface area contributed by atoms with E-state index in [9.17, 15) is 0 Å². The molecular weight excluding hydrogens is 242 g/mol. The fourth-order valence-electron chi connectivity index (χ4n) is 2.08. The lowest BCUT2D eigenvalue weighted by Crippen LogP contribution is -2.39. The van der Waals surface area contributed by atoms with Crippen LogP contribution in [0.3, 0.4) is 0 Å². The molecule has 4 heteroatoms. The molecule has 0 aliphatic heterocycles. The third kappa shape index (κ3) is 4.20. The molecule has 0 saturated carbocycles. The zero-order valence-electron chi connectivity index (χ0n) is 12.5. The number of hydrogen-bond acceptors (Lipinski definition) is 4. The number of ether oxygens (including phenoxy) is 3. The Balaban J connectivity index is 2.96. The van der Waals surface area contributed by atoms with Crippen molar-refractivity contribution in [1.82, 2.24) is 5.32 Å². The van der Waals surface area contributed by atoms with E-state index in [1.54, 1.807) is 14.2 Å². The van der Waals surface area contributed by atoms with Crippen LogP contribution >= 0.6 is 0 Å². The van der Waals surface area contributed by atoms with Crippen LogP contribution in [0.15, 0.2) is 24.3 Å². The molecule has 1 aromatic carbocycles. The van der Waals surface area contributed by atoms with Crippen molar-refractivity contribution in [3.8, 4) is 5.75 Å². The van der Waals surface area contributed by atoms with Gasteiger partial charge < -0.3 is 19.5 Å². The molecule has 0 bridgehead atoms. The highest BCUT2D eigenvalue weighted by molar-refractivity contribution is 5.37. The Hall–Kier alpha value is -1.10. The van der Waals surface area contributed by atoms with Crippen LogP contribution in [-0.2, 0) is 9.47 Å². The maximum absolute atomic E-state index is 5.78. The molecule has 1 unspecified atom stereocenters. The van der Waals surface area contributed by atoms with Gasteiger partial charge in [0.2, 0.25) is 0 Å². The molecular formula is C15H25NO3. The Morgan fingerprint density at radius 2 is 1.84 bits per heavy atom. The smallest absolute Gasteiger partial charge is 0.124 e. The van der Waals surface area contributed by atoms with Crippen LogP contribution in [0.1, 0.15) is 25.5 Å². The van der Waals surface area contributed by atoms with Gasteiger partial charge in [-0.2, -0.15) is 0 Å². The van der Waals surface area contributed by atoms with E-state index < -0.39 is 0 Å². The molecule has 1 rings (SSSR count). The molecule has 1 N–H and O–H groups in total. The van der Waals surface area contributed by atoms with Gasteiger partial charge in [0.1, 0.15) is 12.4 Å². The molecule has 0 spiro atoms. The van der Waals surface area contributed by atoms with Gasteiger partial charge in [0.05, 0.1) is 18.2 Å². The van der Waals surface area contributed by atoms with E-state index in [1.807, 2.05) is 25.2 Å². The second kappa shape index (κ2) is 7.48. The summed E-state index contributed by atoms with van der Waals surface area (Å²) in [5, 5.41) is 3.30. The zero-order valence-corrected chi connectivity index (χ0v) is 12.5. The topological polar surface area (TPSA) is 39.7 Å². The normalized spacial score (nSPS) is 13.3. The van der Waals surface area contributed by atoms with E-state index >= 15 is 0 Å². The Morgan fingerprint density at radius 3 is 2.42 bits per heavy atom. The van der Waals surface area contributed by atoms with Crippen molar-refractivity contribution in [2.75, 3.05) is 34.5 Å². The summed E-state index contributed by atoms with van der Waals surface area (Å²) in [5.74, 6) is 0.865. The van der Waals surface area contributed by atoms with Crippen LogP contribution in [0, 0.1) is 0 Å². The molecule has 0 amide bonds. The van der Waals surface area contributed by atoms with Crippen molar-refractivity contribution >= 4 is 0 Å². The van der Waals surface area contributed by atoms with Gasteiger partial charge in [-0.1, -0.05) is 18.2 Å². The van der Waals surface area contributed by atoms with Crippen LogP contribution in [0.5, 0.6) is 5.75 Å². The minimum absolute atomic E-state index is 0.0521. The van der Waals surface area contributed by atoms with Crippen LogP contribution in [0.2, 0.25) is 0 Å². The second-order valence-corrected chi connectivity index (χ2v) is 4.91. The summed E-state index contributed by atoms with van der Waals surface area (Å²) in [7, 11) is 5.32. The first-order valence-corrected chi connectivity index (χ1v) is 6.50. The van der Waals surface area contributed by atoms with Gasteiger partial charge in [-0.25, -0.2) is 0 Å². The van der Waals surface area contributed by atoms with Gasteiger partial charge in [-0.05, 0) is 27.0 Å². The number of benzene rings is 1. The molecule has 0 saturated heterocycles. The minimum Gasteiger partial charge on any atom is -0.491 e. The van der Waals surface area contributed by atoms with Gasteiger partial charge >= 0.3 is 0 Å². The summed E-state index contributed by atoms with van der Waals surface area (Å²) in [5.41, 5.74) is 0.767. The quantitative estimate of drug-likeness (QED) is 0.734. The zero-order chi connectivity index (χ0) is 14.3. The fourth-order valence-corrected chi connectivity index (χ4v) is 2.08. The highest BCUT2D eigenvalue weighted by Gasteiger charge is 2.31. The summed E-state index contributed by atoms with van der Waals surface area (Å²) in [4.78, 5) is 0. The molecule has 0 fully saturated rings. The van der Waals surface area contributed by atoms with E-state index in [2.05, 4.69) is 25.2 Å².